The third-order valence-corrected chi connectivity index (χ3v) is 4.08. The standard InChI is InChI=1S/C14H24N4/c1-11-6-5-7-12(2)13(11)8-17(3)9-14-15-10-16-18(14)4/h6,10,12-13H,5,7-9H2,1-4H3/t12-,13-/m0/s1. The van der Waals surface area contributed by atoms with Gasteiger partial charge in [-0.3, -0.25) is 9.58 Å². The van der Waals surface area contributed by atoms with Gasteiger partial charge in [0.2, 0.25) is 0 Å². The highest BCUT2D eigenvalue weighted by atomic mass is 15.3. The average molecular weight is 248 g/mol. The number of nitrogens with zero attached hydrogens (tertiary/aromatic N) is 4. The first-order chi connectivity index (χ1) is 8.58. The van der Waals surface area contributed by atoms with Crippen LogP contribution >= 0.6 is 0 Å². The van der Waals surface area contributed by atoms with Crippen molar-refractivity contribution >= 4 is 0 Å². The minimum absolute atomic E-state index is 0.692. The van der Waals surface area contributed by atoms with E-state index in [0.29, 0.717) is 5.92 Å². The van der Waals surface area contributed by atoms with Crippen LogP contribution in [0, 0.1) is 11.8 Å². The van der Waals surface area contributed by atoms with Crippen LogP contribution in [0.15, 0.2) is 18.0 Å². The maximum atomic E-state index is 4.28. The van der Waals surface area contributed by atoms with Crippen LogP contribution in [-0.4, -0.2) is 33.3 Å². The Morgan fingerprint density at radius 1 is 1.50 bits per heavy atom. The lowest BCUT2D eigenvalue weighted by atomic mass is 9.80. The van der Waals surface area contributed by atoms with Gasteiger partial charge in [-0.15, -0.1) is 0 Å². The number of hydrogen-bond acceptors (Lipinski definition) is 3. The summed E-state index contributed by atoms with van der Waals surface area (Å²) in [6.45, 7) is 6.62. The van der Waals surface area contributed by atoms with E-state index in [9.17, 15) is 0 Å². The molecule has 0 bridgehead atoms. The Bertz CT molecular complexity index is 421. The second kappa shape index (κ2) is 5.65. The molecule has 1 aliphatic carbocycles. The van der Waals surface area contributed by atoms with E-state index in [4.69, 9.17) is 0 Å². The van der Waals surface area contributed by atoms with Crippen molar-refractivity contribution in [1.82, 2.24) is 19.7 Å². The molecule has 0 aromatic carbocycles. The van der Waals surface area contributed by atoms with E-state index in [2.05, 4.69) is 42.0 Å². The van der Waals surface area contributed by atoms with Crippen molar-refractivity contribution < 1.29 is 0 Å². The van der Waals surface area contributed by atoms with Gasteiger partial charge in [-0.1, -0.05) is 18.6 Å². The van der Waals surface area contributed by atoms with E-state index in [1.165, 1.54) is 12.8 Å². The van der Waals surface area contributed by atoms with E-state index in [-0.39, 0.29) is 0 Å². The normalized spacial score (nSPS) is 24.4. The van der Waals surface area contributed by atoms with Crippen molar-refractivity contribution in [3.63, 3.8) is 0 Å². The summed E-state index contributed by atoms with van der Waals surface area (Å²) in [6, 6.07) is 0. The Kier molecular flexibility index (Phi) is 4.17. The summed E-state index contributed by atoms with van der Waals surface area (Å²) < 4.78 is 1.85. The molecule has 0 aliphatic heterocycles. The third kappa shape index (κ3) is 2.99. The van der Waals surface area contributed by atoms with Crippen molar-refractivity contribution in [3.05, 3.63) is 23.8 Å². The maximum absolute atomic E-state index is 4.28. The molecule has 4 heteroatoms. The Morgan fingerprint density at radius 2 is 2.28 bits per heavy atom. The van der Waals surface area contributed by atoms with Crippen molar-refractivity contribution in [2.24, 2.45) is 18.9 Å². The Morgan fingerprint density at radius 3 is 2.89 bits per heavy atom. The SMILES string of the molecule is CC1=CCC[C@H](C)[C@H]1CN(C)Cc1ncnn1C. The van der Waals surface area contributed by atoms with E-state index < -0.39 is 0 Å². The van der Waals surface area contributed by atoms with Crippen LogP contribution in [-0.2, 0) is 13.6 Å². The molecule has 0 spiro atoms. The molecule has 0 unspecified atom stereocenters. The number of hydrogen-bond donors (Lipinski definition) is 0. The molecule has 0 N–H and O–H groups in total. The minimum Gasteiger partial charge on any atom is -0.298 e. The van der Waals surface area contributed by atoms with Gasteiger partial charge in [-0.25, -0.2) is 4.98 Å². The molecule has 1 aromatic heterocycles. The van der Waals surface area contributed by atoms with Gasteiger partial charge in [0, 0.05) is 13.6 Å². The molecule has 18 heavy (non-hydrogen) atoms. The molecular formula is C14H24N4. The predicted octanol–water partition coefficient (Wildman–Crippen LogP) is 2.24. The lowest BCUT2D eigenvalue weighted by Gasteiger charge is -2.32. The second-order valence-corrected chi connectivity index (χ2v) is 5.61. The molecule has 2 rings (SSSR count). The second-order valence-electron chi connectivity index (χ2n) is 5.61. The van der Waals surface area contributed by atoms with Crippen molar-refractivity contribution in [2.45, 2.75) is 33.2 Å². The molecule has 1 aliphatic rings. The lowest BCUT2D eigenvalue weighted by Crippen LogP contribution is -2.31. The molecule has 1 aromatic rings. The van der Waals surface area contributed by atoms with E-state index in [0.717, 1.165) is 24.8 Å². The first kappa shape index (κ1) is 13.3. The maximum Gasteiger partial charge on any atom is 0.140 e. The first-order valence-corrected chi connectivity index (χ1v) is 6.76. The Labute approximate surface area is 110 Å². The smallest absolute Gasteiger partial charge is 0.140 e. The number of aryl methyl sites for hydroxylation is 1. The largest absolute Gasteiger partial charge is 0.298 e. The molecule has 2 atom stereocenters. The van der Waals surface area contributed by atoms with Gasteiger partial charge < -0.3 is 0 Å². The number of aromatic nitrogens is 3. The zero-order valence-electron chi connectivity index (χ0n) is 11.9. The van der Waals surface area contributed by atoms with Crippen LogP contribution in [0.1, 0.15) is 32.5 Å². The molecule has 4 nitrogen and oxygen atoms in total. The lowest BCUT2D eigenvalue weighted by molar-refractivity contribution is 0.228. The first-order valence-electron chi connectivity index (χ1n) is 6.76. The Balaban J connectivity index is 1.94. The fourth-order valence-electron chi connectivity index (χ4n) is 2.80. The molecule has 0 radical (unpaired) electrons. The third-order valence-electron chi connectivity index (χ3n) is 4.08. The Hall–Kier alpha value is -1.16. The summed E-state index contributed by atoms with van der Waals surface area (Å²) in [7, 11) is 4.12. The monoisotopic (exact) mass is 248 g/mol. The molecule has 0 saturated carbocycles. The van der Waals surface area contributed by atoms with Gasteiger partial charge >= 0.3 is 0 Å². The van der Waals surface area contributed by atoms with Crippen LogP contribution in [0.2, 0.25) is 0 Å². The highest BCUT2D eigenvalue weighted by molar-refractivity contribution is 5.09. The zero-order valence-corrected chi connectivity index (χ0v) is 11.9. The van der Waals surface area contributed by atoms with Crippen molar-refractivity contribution in [1.29, 1.82) is 0 Å². The minimum atomic E-state index is 0.692. The van der Waals surface area contributed by atoms with Gasteiger partial charge in [0.05, 0.1) is 6.54 Å². The fourth-order valence-corrected chi connectivity index (χ4v) is 2.80. The van der Waals surface area contributed by atoms with Crippen molar-refractivity contribution in [2.75, 3.05) is 13.6 Å². The zero-order chi connectivity index (χ0) is 13.1. The van der Waals surface area contributed by atoms with Crippen molar-refractivity contribution in [3.8, 4) is 0 Å². The number of rotatable bonds is 4. The quantitative estimate of drug-likeness (QED) is 0.766. The molecular weight excluding hydrogens is 224 g/mol. The van der Waals surface area contributed by atoms with Crippen LogP contribution in [0.4, 0.5) is 0 Å². The fraction of sp³-hybridized carbons (Fsp3) is 0.714. The van der Waals surface area contributed by atoms with Gasteiger partial charge in [-0.05, 0) is 38.6 Å². The molecule has 1 heterocycles. The van der Waals surface area contributed by atoms with E-state index in [1.807, 2.05) is 11.7 Å². The molecule has 100 valence electrons. The summed E-state index contributed by atoms with van der Waals surface area (Å²) in [5.74, 6) is 2.51. The molecule has 0 fully saturated rings. The summed E-state index contributed by atoms with van der Waals surface area (Å²) in [5.41, 5.74) is 1.55. The topological polar surface area (TPSA) is 34.0 Å². The summed E-state index contributed by atoms with van der Waals surface area (Å²) in [6.07, 6.45) is 6.59. The average Bonchev–Trinajstić information content (AvgIpc) is 2.70. The van der Waals surface area contributed by atoms with Crippen LogP contribution in [0.5, 0.6) is 0 Å². The molecule has 0 amide bonds. The van der Waals surface area contributed by atoms with Gasteiger partial charge in [-0.2, -0.15) is 5.10 Å². The van der Waals surface area contributed by atoms with E-state index in [1.54, 1.807) is 11.9 Å². The van der Waals surface area contributed by atoms with Gasteiger partial charge in [0.1, 0.15) is 12.2 Å². The predicted molar refractivity (Wildman–Crippen MR) is 73.0 cm³/mol. The summed E-state index contributed by atoms with van der Waals surface area (Å²) in [4.78, 5) is 6.64. The summed E-state index contributed by atoms with van der Waals surface area (Å²) >= 11 is 0. The van der Waals surface area contributed by atoms with Gasteiger partial charge in [0.25, 0.3) is 0 Å². The van der Waals surface area contributed by atoms with Crippen LogP contribution < -0.4 is 0 Å². The summed E-state index contributed by atoms with van der Waals surface area (Å²) in [5, 5.41) is 4.11. The van der Waals surface area contributed by atoms with Crippen LogP contribution in [0.25, 0.3) is 0 Å². The van der Waals surface area contributed by atoms with Gasteiger partial charge in [0.15, 0.2) is 0 Å². The number of allylic oxidation sites excluding steroid dienone is 1. The van der Waals surface area contributed by atoms with E-state index >= 15 is 0 Å². The highest BCUT2D eigenvalue weighted by Crippen LogP contribution is 2.30. The van der Waals surface area contributed by atoms with Crippen LogP contribution in [0.3, 0.4) is 0 Å². The molecule has 0 saturated heterocycles. The highest BCUT2D eigenvalue weighted by Gasteiger charge is 2.23.